The summed E-state index contributed by atoms with van der Waals surface area (Å²) in [6, 6.07) is 5.67. The summed E-state index contributed by atoms with van der Waals surface area (Å²) in [5.74, 6) is -1.52. The Kier molecular flexibility index (Phi) is 4.04. The van der Waals surface area contributed by atoms with E-state index in [9.17, 15) is 9.59 Å². The van der Waals surface area contributed by atoms with Gasteiger partial charge in [0.2, 0.25) is 5.91 Å². The summed E-state index contributed by atoms with van der Waals surface area (Å²) >= 11 is 0. The molecule has 0 saturated heterocycles. The molecular formula is C13H15NO3. The van der Waals surface area contributed by atoms with Crippen molar-refractivity contribution >= 4 is 17.6 Å². The predicted molar refractivity (Wildman–Crippen MR) is 65.9 cm³/mol. The Labute approximate surface area is 100.0 Å². The molecule has 90 valence electrons. The zero-order valence-corrected chi connectivity index (χ0v) is 9.91. The second-order valence-electron chi connectivity index (χ2n) is 3.90. The van der Waals surface area contributed by atoms with Crippen LogP contribution in [0.25, 0.3) is 0 Å². The average molecular weight is 233 g/mol. The van der Waals surface area contributed by atoms with Gasteiger partial charge in [0, 0.05) is 11.3 Å². The highest BCUT2D eigenvalue weighted by Crippen LogP contribution is 2.19. The first-order valence-electron chi connectivity index (χ1n) is 5.19. The molecule has 0 atom stereocenters. The highest BCUT2D eigenvalue weighted by atomic mass is 16.4. The molecule has 2 N–H and O–H groups in total. The van der Waals surface area contributed by atoms with Gasteiger partial charge in [0.15, 0.2) is 0 Å². The maximum Gasteiger partial charge on any atom is 0.331 e. The average Bonchev–Trinajstić information content (AvgIpc) is 2.23. The van der Waals surface area contributed by atoms with E-state index in [-0.39, 0.29) is 17.9 Å². The second kappa shape index (κ2) is 5.30. The van der Waals surface area contributed by atoms with Crippen LogP contribution in [0.15, 0.2) is 30.4 Å². The van der Waals surface area contributed by atoms with Gasteiger partial charge in [-0.15, -0.1) is 0 Å². The minimum atomic E-state index is -1.15. The fourth-order valence-electron chi connectivity index (χ4n) is 1.46. The molecule has 0 fully saturated rings. The van der Waals surface area contributed by atoms with Crippen LogP contribution in [-0.4, -0.2) is 17.0 Å². The third-order valence-electron chi connectivity index (χ3n) is 2.42. The molecular weight excluding hydrogens is 218 g/mol. The Morgan fingerprint density at radius 1 is 1.29 bits per heavy atom. The lowest BCUT2D eigenvalue weighted by atomic mass is 10.1. The van der Waals surface area contributed by atoms with E-state index in [1.54, 1.807) is 0 Å². The Morgan fingerprint density at radius 3 is 2.29 bits per heavy atom. The van der Waals surface area contributed by atoms with Crippen molar-refractivity contribution in [2.24, 2.45) is 0 Å². The maximum atomic E-state index is 11.6. The van der Waals surface area contributed by atoms with Crippen molar-refractivity contribution < 1.29 is 14.7 Å². The van der Waals surface area contributed by atoms with Gasteiger partial charge in [0.1, 0.15) is 0 Å². The molecule has 1 rings (SSSR count). The van der Waals surface area contributed by atoms with E-state index in [1.807, 2.05) is 32.0 Å². The molecule has 1 aromatic rings. The van der Waals surface area contributed by atoms with E-state index >= 15 is 0 Å². The summed E-state index contributed by atoms with van der Waals surface area (Å²) in [4.78, 5) is 22.1. The Hall–Kier alpha value is -2.10. The molecule has 0 saturated carbocycles. The number of carboxylic acid groups (broad SMARTS) is 1. The molecule has 0 spiro atoms. The highest BCUT2D eigenvalue weighted by molar-refractivity contribution is 5.99. The fourth-order valence-corrected chi connectivity index (χ4v) is 1.46. The van der Waals surface area contributed by atoms with Gasteiger partial charge in [-0.05, 0) is 25.0 Å². The summed E-state index contributed by atoms with van der Waals surface area (Å²) in [6.45, 7) is 7.09. The van der Waals surface area contributed by atoms with Crippen LogP contribution in [0.5, 0.6) is 0 Å². The van der Waals surface area contributed by atoms with Gasteiger partial charge >= 0.3 is 5.97 Å². The monoisotopic (exact) mass is 233 g/mol. The van der Waals surface area contributed by atoms with E-state index in [0.717, 1.165) is 16.8 Å². The van der Waals surface area contributed by atoms with Gasteiger partial charge in [-0.2, -0.15) is 0 Å². The number of carboxylic acids is 1. The molecule has 1 aromatic carbocycles. The first-order chi connectivity index (χ1) is 7.91. The summed E-state index contributed by atoms with van der Waals surface area (Å²) < 4.78 is 0. The van der Waals surface area contributed by atoms with Gasteiger partial charge in [0.05, 0.1) is 6.42 Å². The van der Waals surface area contributed by atoms with Crippen LogP contribution >= 0.6 is 0 Å². The Balaban J connectivity index is 2.75. The number of benzene rings is 1. The molecule has 0 aliphatic carbocycles. The zero-order valence-electron chi connectivity index (χ0n) is 9.91. The van der Waals surface area contributed by atoms with Crippen molar-refractivity contribution in [2.45, 2.75) is 20.3 Å². The van der Waals surface area contributed by atoms with E-state index in [0.29, 0.717) is 0 Å². The van der Waals surface area contributed by atoms with E-state index < -0.39 is 5.97 Å². The largest absolute Gasteiger partial charge is 0.478 e. The van der Waals surface area contributed by atoms with Crippen LogP contribution in [0, 0.1) is 13.8 Å². The van der Waals surface area contributed by atoms with Gasteiger partial charge in [-0.3, -0.25) is 4.79 Å². The number of rotatable bonds is 4. The Bertz CT molecular complexity index is 457. The first-order valence-corrected chi connectivity index (χ1v) is 5.19. The van der Waals surface area contributed by atoms with Crippen LogP contribution in [0.1, 0.15) is 17.5 Å². The number of hydrogen-bond acceptors (Lipinski definition) is 2. The van der Waals surface area contributed by atoms with Crippen LogP contribution in [-0.2, 0) is 9.59 Å². The number of para-hydroxylation sites is 1. The maximum absolute atomic E-state index is 11.6. The minimum absolute atomic E-state index is 0.117. The van der Waals surface area contributed by atoms with Crippen molar-refractivity contribution in [3.8, 4) is 0 Å². The lowest BCUT2D eigenvalue weighted by Gasteiger charge is -2.11. The summed E-state index contributed by atoms with van der Waals surface area (Å²) in [5, 5.41) is 11.3. The SMILES string of the molecule is C=C(CC(=O)Nc1c(C)cccc1C)C(=O)O. The van der Waals surface area contributed by atoms with Gasteiger partial charge in [-0.1, -0.05) is 24.8 Å². The summed E-state index contributed by atoms with van der Waals surface area (Å²) in [6.07, 6.45) is -0.205. The highest BCUT2D eigenvalue weighted by Gasteiger charge is 2.12. The third-order valence-corrected chi connectivity index (χ3v) is 2.42. The number of carbonyl (C=O) groups is 2. The number of amides is 1. The number of carbonyl (C=O) groups excluding carboxylic acids is 1. The number of anilines is 1. The molecule has 0 radical (unpaired) electrons. The number of aryl methyl sites for hydroxylation is 2. The lowest BCUT2D eigenvalue weighted by Crippen LogP contribution is -2.16. The first kappa shape index (κ1) is 13.0. The zero-order chi connectivity index (χ0) is 13.0. The quantitative estimate of drug-likeness (QED) is 0.784. The van der Waals surface area contributed by atoms with Crippen LogP contribution in [0.3, 0.4) is 0 Å². The van der Waals surface area contributed by atoms with E-state index in [2.05, 4.69) is 11.9 Å². The molecule has 0 unspecified atom stereocenters. The van der Waals surface area contributed by atoms with Crippen molar-refractivity contribution in [3.63, 3.8) is 0 Å². The van der Waals surface area contributed by atoms with Crippen LogP contribution in [0.4, 0.5) is 5.69 Å². The van der Waals surface area contributed by atoms with Gasteiger partial charge < -0.3 is 10.4 Å². The molecule has 0 aromatic heterocycles. The number of aliphatic carboxylic acids is 1. The fraction of sp³-hybridized carbons (Fsp3) is 0.231. The van der Waals surface area contributed by atoms with Gasteiger partial charge in [0.25, 0.3) is 0 Å². The van der Waals surface area contributed by atoms with Crippen molar-refractivity contribution in [1.82, 2.24) is 0 Å². The molecule has 0 aliphatic heterocycles. The summed E-state index contributed by atoms with van der Waals surface area (Å²) in [7, 11) is 0. The van der Waals surface area contributed by atoms with Crippen LogP contribution in [0.2, 0.25) is 0 Å². The standard InChI is InChI=1S/C13H15NO3/c1-8-5-4-6-9(2)12(8)14-11(15)7-10(3)13(16)17/h4-6H,3,7H2,1-2H3,(H,14,15)(H,16,17). The van der Waals surface area contributed by atoms with Crippen LogP contribution < -0.4 is 5.32 Å². The van der Waals surface area contributed by atoms with Crippen molar-refractivity contribution in [2.75, 3.05) is 5.32 Å². The van der Waals surface area contributed by atoms with E-state index in [1.165, 1.54) is 0 Å². The molecule has 0 heterocycles. The third kappa shape index (κ3) is 3.45. The van der Waals surface area contributed by atoms with Gasteiger partial charge in [-0.25, -0.2) is 4.79 Å². The molecule has 0 aliphatic rings. The Morgan fingerprint density at radius 2 is 1.82 bits per heavy atom. The topological polar surface area (TPSA) is 66.4 Å². The summed E-state index contributed by atoms with van der Waals surface area (Å²) in [5.41, 5.74) is 2.50. The number of nitrogens with one attached hydrogen (secondary N) is 1. The lowest BCUT2D eigenvalue weighted by molar-refractivity contribution is -0.133. The molecule has 1 amide bonds. The number of hydrogen-bond donors (Lipinski definition) is 2. The normalized spacial score (nSPS) is 9.76. The molecule has 0 bridgehead atoms. The predicted octanol–water partition coefficient (Wildman–Crippen LogP) is 2.27. The minimum Gasteiger partial charge on any atom is -0.478 e. The molecule has 17 heavy (non-hydrogen) atoms. The van der Waals surface area contributed by atoms with E-state index in [4.69, 9.17) is 5.11 Å². The van der Waals surface area contributed by atoms with Crippen molar-refractivity contribution in [1.29, 1.82) is 0 Å². The molecule has 4 heteroatoms. The second-order valence-corrected chi connectivity index (χ2v) is 3.90. The smallest absolute Gasteiger partial charge is 0.331 e. The van der Waals surface area contributed by atoms with Crippen molar-refractivity contribution in [3.05, 3.63) is 41.5 Å². The molecule has 4 nitrogen and oxygen atoms in total.